The van der Waals surface area contributed by atoms with Crippen molar-refractivity contribution < 1.29 is 4.79 Å². The molecule has 20 heavy (non-hydrogen) atoms. The maximum atomic E-state index is 12.3. The number of aryl methyl sites for hydroxylation is 1. The monoisotopic (exact) mass is 291 g/mol. The Morgan fingerprint density at radius 1 is 1.45 bits per heavy atom. The highest BCUT2D eigenvalue weighted by atomic mass is 35.5. The minimum atomic E-state index is -0.178. The summed E-state index contributed by atoms with van der Waals surface area (Å²) in [5, 5.41) is 8.59. The van der Waals surface area contributed by atoms with Gasteiger partial charge in [0.05, 0.1) is 6.54 Å². The molecule has 0 bridgehead atoms. The lowest BCUT2D eigenvalue weighted by molar-refractivity contribution is 0.0774. The third kappa shape index (κ3) is 2.38. The fourth-order valence-electron chi connectivity index (χ4n) is 2.33. The first kappa shape index (κ1) is 13.1. The Morgan fingerprint density at radius 2 is 2.30 bits per heavy atom. The number of pyridine rings is 1. The van der Waals surface area contributed by atoms with E-state index < -0.39 is 0 Å². The molecule has 0 fully saturated rings. The van der Waals surface area contributed by atoms with Gasteiger partial charge in [-0.2, -0.15) is 0 Å². The third-order valence-electron chi connectivity index (χ3n) is 3.35. The molecular weight excluding hydrogens is 278 g/mol. The highest BCUT2D eigenvalue weighted by molar-refractivity contribution is 6.29. The molecular formula is C13H14ClN5O. The summed E-state index contributed by atoms with van der Waals surface area (Å²) in [5.41, 5.74) is 0.334. The zero-order chi connectivity index (χ0) is 14.1. The van der Waals surface area contributed by atoms with E-state index in [0.717, 1.165) is 31.0 Å². The van der Waals surface area contributed by atoms with E-state index in [9.17, 15) is 4.79 Å². The van der Waals surface area contributed by atoms with Gasteiger partial charge in [0, 0.05) is 20.0 Å². The van der Waals surface area contributed by atoms with Crippen molar-refractivity contribution in [3.05, 3.63) is 40.7 Å². The molecule has 2 aromatic heterocycles. The molecule has 0 saturated heterocycles. The first-order valence-corrected chi connectivity index (χ1v) is 6.82. The fraction of sp³-hybridized carbons (Fsp3) is 0.385. The second-order valence-corrected chi connectivity index (χ2v) is 5.18. The van der Waals surface area contributed by atoms with Crippen LogP contribution in [0.15, 0.2) is 18.2 Å². The Kier molecular flexibility index (Phi) is 3.40. The molecule has 0 spiro atoms. The Hall–Kier alpha value is -1.95. The van der Waals surface area contributed by atoms with Crippen molar-refractivity contribution in [1.82, 2.24) is 24.6 Å². The third-order valence-corrected chi connectivity index (χ3v) is 3.56. The molecule has 104 valence electrons. The van der Waals surface area contributed by atoms with Crippen LogP contribution in [-0.2, 0) is 19.5 Å². The van der Waals surface area contributed by atoms with Gasteiger partial charge in [-0.1, -0.05) is 17.7 Å². The number of aromatic nitrogens is 4. The predicted molar refractivity (Wildman–Crippen MR) is 73.4 cm³/mol. The van der Waals surface area contributed by atoms with E-state index in [2.05, 4.69) is 19.7 Å². The summed E-state index contributed by atoms with van der Waals surface area (Å²) < 4.78 is 2.08. The van der Waals surface area contributed by atoms with Crippen LogP contribution in [-0.4, -0.2) is 37.6 Å². The normalized spacial score (nSPS) is 13.3. The molecule has 7 heteroatoms. The minimum absolute atomic E-state index is 0.178. The molecule has 0 N–H and O–H groups in total. The Balaban J connectivity index is 1.76. The summed E-state index contributed by atoms with van der Waals surface area (Å²) >= 11 is 5.80. The standard InChI is InChI=1S/C13H14ClN5O/c1-18(13(20)9-4-2-5-10(14)15-9)8-12-17-16-11-6-3-7-19(11)12/h2,4-5H,3,6-8H2,1H3. The number of rotatable bonds is 3. The maximum Gasteiger partial charge on any atom is 0.272 e. The zero-order valence-corrected chi connectivity index (χ0v) is 11.8. The van der Waals surface area contributed by atoms with Crippen LogP contribution < -0.4 is 0 Å². The molecule has 1 aliphatic rings. The molecule has 0 aliphatic carbocycles. The van der Waals surface area contributed by atoms with Crippen LogP contribution in [0.3, 0.4) is 0 Å². The van der Waals surface area contributed by atoms with Crippen molar-refractivity contribution in [3.8, 4) is 0 Å². The predicted octanol–water partition coefficient (Wildman–Crippen LogP) is 1.54. The van der Waals surface area contributed by atoms with E-state index in [4.69, 9.17) is 11.6 Å². The average Bonchev–Trinajstić information content (AvgIpc) is 3.03. The van der Waals surface area contributed by atoms with E-state index in [1.54, 1.807) is 30.1 Å². The summed E-state index contributed by atoms with van der Waals surface area (Å²) in [4.78, 5) is 17.9. The molecule has 0 aromatic carbocycles. The van der Waals surface area contributed by atoms with Crippen molar-refractivity contribution in [2.45, 2.75) is 25.9 Å². The first-order chi connectivity index (χ1) is 9.65. The second-order valence-electron chi connectivity index (χ2n) is 4.79. The number of hydrogen-bond donors (Lipinski definition) is 0. The largest absolute Gasteiger partial charge is 0.333 e. The summed E-state index contributed by atoms with van der Waals surface area (Å²) in [6.45, 7) is 1.34. The van der Waals surface area contributed by atoms with Gasteiger partial charge >= 0.3 is 0 Å². The molecule has 0 radical (unpaired) electrons. The van der Waals surface area contributed by atoms with E-state index in [0.29, 0.717) is 17.4 Å². The average molecular weight is 292 g/mol. The lowest BCUT2D eigenvalue weighted by atomic mass is 10.3. The van der Waals surface area contributed by atoms with Gasteiger partial charge in [0.2, 0.25) is 0 Å². The molecule has 0 saturated carbocycles. The van der Waals surface area contributed by atoms with Crippen LogP contribution >= 0.6 is 11.6 Å². The van der Waals surface area contributed by atoms with E-state index in [-0.39, 0.29) is 5.91 Å². The summed E-state index contributed by atoms with van der Waals surface area (Å²) in [7, 11) is 1.72. The number of carbonyl (C=O) groups is 1. The zero-order valence-electron chi connectivity index (χ0n) is 11.1. The maximum absolute atomic E-state index is 12.3. The Morgan fingerprint density at radius 3 is 3.10 bits per heavy atom. The molecule has 0 atom stereocenters. The van der Waals surface area contributed by atoms with Crippen LogP contribution in [0.1, 0.15) is 28.6 Å². The van der Waals surface area contributed by atoms with Crippen LogP contribution in [0, 0.1) is 0 Å². The number of fused-ring (bicyclic) bond motifs is 1. The smallest absolute Gasteiger partial charge is 0.272 e. The van der Waals surface area contributed by atoms with Gasteiger partial charge in [-0.3, -0.25) is 4.79 Å². The summed E-state index contributed by atoms with van der Waals surface area (Å²) in [5.74, 6) is 1.64. The molecule has 3 heterocycles. The second kappa shape index (κ2) is 5.20. The van der Waals surface area contributed by atoms with Gasteiger partial charge in [0.25, 0.3) is 5.91 Å². The fourth-order valence-corrected chi connectivity index (χ4v) is 2.50. The quantitative estimate of drug-likeness (QED) is 0.805. The molecule has 2 aromatic rings. The molecule has 3 rings (SSSR count). The number of hydrogen-bond acceptors (Lipinski definition) is 4. The van der Waals surface area contributed by atoms with Crippen LogP contribution in [0.2, 0.25) is 5.15 Å². The van der Waals surface area contributed by atoms with Crippen molar-refractivity contribution in [2.24, 2.45) is 0 Å². The van der Waals surface area contributed by atoms with Crippen molar-refractivity contribution >= 4 is 17.5 Å². The highest BCUT2D eigenvalue weighted by Gasteiger charge is 2.21. The first-order valence-electron chi connectivity index (χ1n) is 6.44. The SMILES string of the molecule is CN(Cc1nnc2n1CCC2)C(=O)c1cccc(Cl)n1. The Labute approximate surface area is 121 Å². The molecule has 1 aliphatic heterocycles. The van der Waals surface area contributed by atoms with Gasteiger partial charge in [0.15, 0.2) is 5.82 Å². The topological polar surface area (TPSA) is 63.9 Å². The number of amides is 1. The van der Waals surface area contributed by atoms with Crippen molar-refractivity contribution in [2.75, 3.05) is 7.05 Å². The lowest BCUT2D eigenvalue weighted by Gasteiger charge is -2.16. The molecule has 1 amide bonds. The van der Waals surface area contributed by atoms with E-state index in [1.807, 2.05) is 0 Å². The van der Waals surface area contributed by atoms with Crippen LogP contribution in [0.25, 0.3) is 0 Å². The number of nitrogens with zero attached hydrogens (tertiary/aromatic N) is 5. The van der Waals surface area contributed by atoms with Crippen LogP contribution in [0.4, 0.5) is 0 Å². The summed E-state index contributed by atoms with van der Waals surface area (Å²) in [6.07, 6.45) is 2.05. The Bertz CT molecular complexity index is 654. The lowest BCUT2D eigenvalue weighted by Crippen LogP contribution is -2.28. The van der Waals surface area contributed by atoms with E-state index in [1.165, 1.54) is 0 Å². The minimum Gasteiger partial charge on any atom is -0.333 e. The molecule has 0 unspecified atom stereocenters. The van der Waals surface area contributed by atoms with Gasteiger partial charge in [0.1, 0.15) is 16.7 Å². The van der Waals surface area contributed by atoms with Gasteiger partial charge in [-0.15, -0.1) is 10.2 Å². The van der Waals surface area contributed by atoms with Crippen molar-refractivity contribution in [3.63, 3.8) is 0 Å². The highest BCUT2D eigenvalue weighted by Crippen LogP contribution is 2.15. The van der Waals surface area contributed by atoms with E-state index >= 15 is 0 Å². The number of carbonyl (C=O) groups excluding carboxylic acids is 1. The van der Waals surface area contributed by atoms with Gasteiger partial charge in [-0.25, -0.2) is 4.98 Å². The number of halogens is 1. The summed E-state index contributed by atoms with van der Waals surface area (Å²) in [6, 6.07) is 5.01. The van der Waals surface area contributed by atoms with Gasteiger partial charge in [-0.05, 0) is 18.6 Å². The van der Waals surface area contributed by atoms with Crippen LogP contribution in [0.5, 0.6) is 0 Å². The van der Waals surface area contributed by atoms with Gasteiger partial charge < -0.3 is 9.47 Å². The molecule has 6 nitrogen and oxygen atoms in total. The van der Waals surface area contributed by atoms with Crippen molar-refractivity contribution in [1.29, 1.82) is 0 Å².